The van der Waals surface area contributed by atoms with Gasteiger partial charge >= 0.3 is 0 Å². The molecule has 0 saturated carbocycles. The minimum atomic E-state index is -0.624. The van der Waals surface area contributed by atoms with Crippen molar-refractivity contribution in [3.05, 3.63) is 29.6 Å². The zero-order chi connectivity index (χ0) is 10.6. The second-order valence-electron chi connectivity index (χ2n) is 2.54. The Morgan fingerprint density at radius 3 is 2.79 bits per heavy atom. The number of carbonyl (C=O) groups excluding carboxylic acids is 2. The molecule has 1 aromatic carbocycles. The summed E-state index contributed by atoms with van der Waals surface area (Å²) in [7, 11) is 1.40. The molecule has 0 spiro atoms. The van der Waals surface area contributed by atoms with Gasteiger partial charge in [-0.1, -0.05) is 0 Å². The van der Waals surface area contributed by atoms with Crippen molar-refractivity contribution in [2.75, 3.05) is 12.4 Å². The Kier molecular flexibility index (Phi) is 3.17. The molecule has 14 heavy (non-hydrogen) atoms. The summed E-state index contributed by atoms with van der Waals surface area (Å²) in [6.45, 7) is 0. The lowest BCUT2D eigenvalue weighted by Gasteiger charge is -2.04. The van der Waals surface area contributed by atoms with Gasteiger partial charge in [-0.2, -0.15) is 0 Å². The average Bonchev–Trinajstić information content (AvgIpc) is 2.20. The summed E-state index contributed by atoms with van der Waals surface area (Å²) in [5, 5.41) is 4.62. The van der Waals surface area contributed by atoms with Crippen molar-refractivity contribution in [1.82, 2.24) is 5.32 Å². The summed E-state index contributed by atoms with van der Waals surface area (Å²) in [5.74, 6) is -1.15. The van der Waals surface area contributed by atoms with Crippen molar-refractivity contribution < 1.29 is 14.0 Å². The number of rotatable bonds is 3. The molecule has 0 unspecified atom stereocenters. The van der Waals surface area contributed by atoms with E-state index in [2.05, 4.69) is 10.6 Å². The molecule has 0 heterocycles. The van der Waals surface area contributed by atoms with Crippen LogP contribution in [0.1, 0.15) is 10.4 Å². The Hall–Kier alpha value is -1.91. The summed E-state index contributed by atoms with van der Waals surface area (Å²) in [6.07, 6.45) is 0.459. The first-order valence-corrected chi connectivity index (χ1v) is 3.91. The first-order valence-electron chi connectivity index (χ1n) is 3.91. The van der Waals surface area contributed by atoms with Crippen molar-refractivity contribution in [1.29, 1.82) is 0 Å². The van der Waals surface area contributed by atoms with Crippen molar-refractivity contribution in [2.24, 2.45) is 0 Å². The quantitative estimate of drug-likeness (QED) is 0.701. The fourth-order valence-electron chi connectivity index (χ4n) is 0.992. The largest absolute Gasteiger partial charge is 0.355 e. The molecule has 2 amide bonds. The molecule has 0 atom stereocenters. The molecule has 1 rings (SSSR count). The molecule has 0 aromatic heterocycles. The lowest BCUT2D eigenvalue weighted by molar-refractivity contribution is -0.105. The predicted octanol–water partition coefficient (Wildman–Crippen LogP) is 0.754. The first kappa shape index (κ1) is 10.2. The van der Waals surface area contributed by atoms with E-state index in [9.17, 15) is 14.0 Å². The molecule has 5 heteroatoms. The number of hydrogen-bond acceptors (Lipinski definition) is 2. The molecule has 0 radical (unpaired) electrons. The Bertz CT molecular complexity index is 366. The third-order valence-corrected chi connectivity index (χ3v) is 1.66. The first-order chi connectivity index (χ1) is 6.69. The van der Waals surface area contributed by atoms with Crippen LogP contribution in [0.3, 0.4) is 0 Å². The standard InChI is InChI=1S/C9H9FN2O2/c1-11-9(14)7-4-6(12-5-13)2-3-8(7)10/h2-5H,1H3,(H,11,14)(H,12,13). The zero-order valence-corrected chi connectivity index (χ0v) is 7.50. The van der Waals surface area contributed by atoms with Crippen molar-refractivity contribution in [3.63, 3.8) is 0 Å². The summed E-state index contributed by atoms with van der Waals surface area (Å²) < 4.78 is 13.1. The van der Waals surface area contributed by atoms with Gasteiger partial charge in [-0.05, 0) is 18.2 Å². The Balaban J connectivity index is 3.07. The normalized spacial score (nSPS) is 9.29. The molecule has 0 aliphatic heterocycles. The molecule has 74 valence electrons. The maximum Gasteiger partial charge on any atom is 0.254 e. The summed E-state index contributed by atoms with van der Waals surface area (Å²) in [4.78, 5) is 21.2. The number of amides is 2. The fraction of sp³-hybridized carbons (Fsp3) is 0.111. The molecule has 4 nitrogen and oxygen atoms in total. The minimum absolute atomic E-state index is 0.0978. The fourth-order valence-corrected chi connectivity index (χ4v) is 0.992. The van der Waals surface area contributed by atoms with Crippen LogP contribution in [-0.4, -0.2) is 19.4 Å². The van der Waals surface area contributed by atoms with Crippen LogP contribution >= 0.6 is 0 Å². The second kappa shape index (κ2) is 4.36. The SMILES string of the molecule is CNC(=O)c1cc(NC=O)ccc1F. The smallest absolute Gasteiger partial charge is 0.254 e. The number of hydrogen-bond donors (Lipinski definition) is 2. The van der Waals surface area contributed by atoms with E-state index >= 15 is 0 Å². The van der Waals surface area contributed by atoms with Crippen molar-refractivity contribution in [2.45, 2.75) is 0 Å². The van der Waals surface area contributed by atoms with E-state index < -0.39 is 11.7 Å². The molecule has 2 N–H and O–H groups in total. The molecular formula is C9H9FN2O2. The lowest BCUT2D eigenvalue weighted by Crippen LogP contribution is -2.19. The lowest BCUT2D eigenvalue weighted by atomic mass is 10.2. The molecule has 0 aliphatic rings. The van der Waals surface area contributed by atoms with E-state index in [1.807, 2.05) is 0 Å². The van der Waals surface area contributed by atoms with Gasteiger partial charge in [-0.3, -0.25) is 9.59 Å². The highest BCUT2D eigenvalue weighted by Crippen LogP contribution is 2.13. The third kappa shape index (κ3) is 2.07. The monoisotopic (exact) mass is 196 g/mol. The second-order valence-corrected chi connectivity index (χ2v) is 2.54. The highest BCUT2D eigenvalue weighted by molar-refractivity contribution is 5.95. The van der Waals surface area contributed by atoms with Gasteiger partial charge in [0.25, 0.3) is 5.91 Å². The van der Waals surface area contributed by atoms with E-state index in [1.54, 1.807) is 0 Å². The Morgan fingerprint density at radius 2 is 2.21 bits per heavy atom. The van der Waals surface area contributed by atoms with Gasteiger partial charge in [-0.25, -0.2) is 4.39 Å². The minimum Gasteiger partial charge on any atom is -0.355 e. The van der Waals surface area contributed by atoms with E-state index in [4.69, 9.17) is 0 Å². The maximum absolute atomic E-state index is 13.1. The van der Waals surface area contributed by atoms with Crippen molar-refractivity contribution >= 4 is 18.0 Å². The highest BCUT2D eigenvalue weighted by Gasteiger charge is 2.10. The van der Waals surface area contributed by atoms with Crippen LogP contribution in [-0.2, 0) is 4.79 Å². The molecule has 0 fully saturated rings. The van der Waals surface area contributed by atoms with Crippen LogP contribution in [0.5, 0.6) is 0 Å². The van der Waals surface area contributed by atoms with E-state index in [0.29, 0.717) is 12.1 Å². The number of carbonyl (C=O) groups is 2. The van der Waals surface area contributed by atoms with Crippen LogP contribution in [0.2, 0.25) is 0 Å². The zero-order valence-electron chi connectivity index (χ0n) is 7.50. The van der Waals surface area contributed by atoms with Gasteiger partial charge < -0.3 is 10.6 Å². The number of nitrogens with one attached hydrogen (secondary N) is 2. The Morgan fingerprint density at radius 1 is 1.50 bits per heavy atom. The average molecular weight is 196 g/mol. The van der Waals surface area contributed by atoms with E-state index in [0.717, 1.165) is 6.07 Å². The van der Waals surface area contributed by atoms with E-state index in [-0.39, 0.29) is 5.56 Å². The van der Waals surface area contributed by atoms with Gasteiger partial charge in [0.05, 0.1) is 5.56 Å². The van der Waals surface area contributed by atoms with Crippen LogP contribution in [0.15, 0.2) is 18.2 Å². The van der Waals surface area contributed by atoms with Crippen LogP contribution in [0, 0.1) is 5.82 Å². The van der Waals surface area contributed by atoms with E-state index in [1.165, 1.54) is 19.2 Å². The molecule has 0 bridgehead atoms. The third-order valence-electron chi connectivity index (χ3n) is 1.66. The van der Waals surface area contributed by atoms with Gasteiger partial charge in [0, 0.05) is 12.7 Å². The predicted molar refractivity (Wildman–Crippen MR) is 49.5 cm³/mol. The summed E-state index contributed by atoms with van der Waals surface area (Å²) >= 11 is 0. The maximum atomic E-state index is 13.1. The van der Waals surface area contributed by atoms with Gasteiger partial charge in [0.2, 0.25) is 6.41 Å². The van der Waals surface area contributed by atoms with Crippen LogP contribution in [0.4, 0.5) is 10.1 Å². The summed E-state index contributed by atoms with van der Waals surface area (Å²) in [6, 6.07) is 3.76. The number of halogens is 1. The number of anilines is 1. The van der Waals surface area contributed by atoms with Gasteiger partial charge in [0.15, 0.2) is 0 Å². The van der Waals surface area contributed by atoms with Crippen LogP contribution in [0.25, 0.3) is 0 Å². The molecular weight excluding hydrogens is 187 g/mol. The van der Waals surface area contributed by atoms with Crippen LogP contribution < -0.4 is 10.6 Å². The molecule has 0 aliphatic carbocycles. The van der Waals surface area contributed by atoms with Gasteiger partial charge in [-0.15, -0.1) is 0 Å². The van der Waals surface area contributed by atoms with Crippen molar-refractivity contribution in [3.8, 4) is 0 Å². The van der Waals surface area contributed by atoms with Gasteiger partial charge in [0.1, 0.15) is 5.82 Å². The highest BCUT2D eigenvalue weighted by atomic mass is 19.1. The molecule has 0 saturated heterocycles. The summed E-state index contributed by atoms with van der Waals surface area (Å²) in [5.41, 5.74) is 0.277. The number of benzene rings is 1. The topological polar surface area (TPSA) is 58.2 Å². The Labute approximate surface area is 80.1 Å². The molecule has 1 aromatic rings.